The molecule has 1 aromatic rings. The largest absolute Gasteiger partial charge is 0.398 e. The summed E-state index contributed by atoms with van der Waals surface area (Å²) in [5.74, 6) is -0.129. The van der Waals surface area contributed by atoms with E-state index in [2.05, 4.69) is 32.2 Å². The third-order valence-corrected chi connectivity index (χ3v) is 4.23. The van der Waals surface area contributed by atoms with E-state index in [4.69, 9.17) is 5.73 Å². The van der Waals surface area contributed by atoms with Gasteiger partial charge in [0.15, 0.2) is 6.29 Å². The molecule has 0 aliphatic heterocycles. The van der Waals surface area contributed by atoms with Gasteiger partial charge in [-0.15, -0.1) is 0 Å². The summed E-state index contributed by atoms with van der Waals surface area (Å²) in [7, 11) is 0. The summed E-state index contributed by atoms with van der Waals surface area (Å²) in [4.78, 5) is 23.8. The Morgan fingerprint density at radius 2 is 1.84 bits per heavy atom. The van der Waals surface area contributed by atoms with Gasteiger partial charge in [-0.05, 0) is 35.4 Å². The molecule has 4 heteroatoms. The zero-order valence-electron chi connectivity index (χ0n) is 16.4. The molecule has 1 aromatic carbocycles. The lowest BCUT2D eigenvalue weighted by Gasteiger charge is -2.28. The number of benzene rings is 1. The van der Waals surface area contributed by atoms with Gasteiger partial charge in [-0.2, -0.15) is 0 Å². The number of anilines is 2. The zero-order chi connectivity index (χ0) is 19.3. The first-order valence-corrected chi connectivity index (χ1v) is 8.89. The monoisotopic (exact) mass is 344 g/mol. The van der Waals surface area contributed by atoms with Gasteiger partial charge in [0.1, 0.15) is 0 Å². The molecule has 25 heavy (non-hydrogen) atoms. The molecule has 0 spiro atoms. The number of carbonyl (C=O) groups is 2. The summed E-state index contributed by atoms with van der Waals surface area (Å²) in [5.41, 5.74) is 7.64. The van der Waals surface area contributed by atoms with Crippen molar-refractivity contribution in [3.8, 4) is 0 Å². The smallest absolute Gasteiger partial charge is 0.251 e. The van der Waals surface area contributed by atoms with Crippen LogP contribution in [0.25, 0.3) is 0 Å². The highest BCUT2D eigenvalue weighted by Gasteiger charge is 2.27. The molecular formula is C21H32N2O2. The van der Waals surface area contributed by atoms with Gasteiger partial charge in [-0.25, -0.2) is 0 Å². The number of nitrogens with one attached hydrogen (secondary N) is 1. The molecule has 0 atom stereocenters. The average molecular weight is 344 g/mol. The molecule has 0 bridgehead atoms. The van der Waals surface area contributed by atoms with E-state index >= 15 is 0 Å². The van der Waals surface area contributed by atoms with Crippen LogP contribution in [0.3, 0.4) is 0 Å². The molecule has 0 aliphatic rings. The van der Waals surface area contributed by atoms with Crippen LogP contribution < -0.4 is 11.1 Å². The molecule has 1 amide bonds. The quantitative estimate of drug-likeness (QED) is 0.405. The molecule has 4 nitrogen and oxygen atoms in total. The van der Waals surface area contributed by atoms with Gasteiger partial charge < -0.3 is 11.1 Å². The number of allylic oxidation sites excluding steroid dienone is 1. The van der Waals surface area contributed by atoms with Crippen LogP contribution in [0, 0.1) is 10.8 Å². The minimum Gasteiger partial charge on any atom is -0.398 e. The van der Waals surface area contributed by atoms with Crippen molar-refractivity contribution >= 4 is 23.6 Å². The second kappa shape index (κ2) is 8.32. The number of carbonyl (C=O) groups excluding carboxylic acids is 2. The highest BCUT2D eigenvalue weighted by molar-refractivity contribution is 6.05. The topological polar surface area (TPSA) is 72.2 Å². The van der Waals surface area contributed by atoms with E-state index in [1.807, 2.05) is 20.8 Å². The van der Waals surface area contributed by atoms with Crippen LogP contribution in [0.2, 0.25) is 0 Å². The second-order valence-electron chi connectivity index (χ2n) is 8.32. The SMILES string of the molecule is CCCCC(C)(C)/C=C(/C(=O)Nc1ccc(C=O)c(N)c1)C(C)(C)C. The first-order valence-electron chi connectivity index (χ1n) is 8.89. The van der Waals surface area contributed by atoms with Crippen molar-refractivity contribution in [1.29, 1.82) is 0 Å². The Balaban J connectivity index is 3.10. The lowest BCUT2D eigenvalue weighted by Crippen LogP contribution is -2.26. The fourth-order valence-electron chi connectivity index (χ4n) is 2.68. The fraction of sp³-hybridized carbons (Fsp3) is 0.524. The number of hydrogen-bond acceptors (Lipinski definition) is 3. The van der Waals surface area contributed by atoms with E-state index in [0.29, 0.717) is 23.2 Å². The maximum atomic E-state index is 12.9. The van der Waals surface area contributed by atoms with Crippen LogP contribution in [-0.2, 0) is 4.79 Å². The number of hydrogen-bond donors (Lipinski definition) is 2. The molecule has 138 valence electrons. The first kappa shape index (κ1) is 20.9. The summed E-state index contributed by atoms with van der Waals surface area (Å²) < 4.78 is 0. The van der Waals surface area contributed by atoms with E-state index in [1.165, 1.54) is 0 Å². The average Bonchev–Trinajstić information content (AvgIpc) is 2.50. The minimum atomic E-state index is -0.276. The predicted molar refractivity (Wildman–Crippen MR) is 106 cm³/mol. The van der Waals surface area contributed by atoms with Crippen LogP contribution in [0.5, 0.6) is 0 Å². The van der Waals surface area contributed by atoms with Crippen LogP contribution in [0.15, 0.2) is 29.8 Å². The Morgan fingerprint density at radius 3 is 2.32 bits per heavy atom. The summed E-state index contributed by atoms with van der Waals surface area (Å²) in [6, 6.07) is 4.92. The van der Waals surface area contributed by atoms with Crippen molar-refractivity contribution in [2.75, 3.05) is 11.1 Å². The molecule has 0 unspecified atom stereocenters. The van der Waals surface area contributed by atoms with E-state index in [1.54, 1.807) is 18.2 Å². The Kier molecular flexibility index (Phi) is 6.97. The summed E-state index contributed by atoms with van der Waals surface area (Å²) >= 11 is 0. The van der Waals surface area contributed by atoms with Crippen LogP contribution in [0.4, 0.5) is 11.4 Å². The van der Waals surface area contributed by atoms with E-state index in [9.17, 15) is 9.59 Å². The van der Waals surface area contributed by atoms with Gasteiger partial charge in [0, 0.05) is 22.5 Å². The van der Waals surface area contributed by atoms with Gasteiger partial charge in [-0.3, -0.25) is 9.59 Å². The Morgan fingerprint density at radius 1 is 1.20 bits per heavy atom. The third kappa shape index (κ3) is 6.37. The molecule has 0 aromatic heterocycles. The Bertz CT molecular complexity index is 652. The van der Waals surface area contributed by atoms with Gasteiger partial charge in [0.2, 0.25) is 0 Å². The van der Waals surface area contributed by atoms with Gasteiger partial charge in [0.25, 0.3) is 5.91 Å². The van der Waals surface area contributed by atoms with E-state index in [-0.39, 0.29) is 16.7 Å². The van der Waals surface area contributed by atoms with Gasteiger partial charge in [-0.1, -0.05) is 60.5 Å². The van der Waals surface area contributed by atoms with Crippen molar-refractivity contribution in [2.45, 2.75) is 60.8 Å². The number of aldehydes is 1. The Hall–Kier alpha value is -2.10. The number of nitrogens with two attached hydrogens (primary N) is 1. The van der Waals surface area contributed by atoms with Crippen LogP contribution in [0.1, 0.15) is 71.2 Å². The van der Waals surface area contributed by atoms with Crippen molar-refractivity contribution in [2.24, 2.45) is 10.8 Å². The van der Waals surface area contributed by atoms with Crippen molar-refractivity contribution in [1.82, 2.24) is 0 Å². The molecule has 1 rings (SSSR count). The summed E-state index contributed by atoms with van der Waals surface area (Å²) in [6.45, 7) is 12.6. The molecule has 3 N–H and O–H groups in total. The van der Waals surface area contributed by atoms with Crippen LogP contribution in [-0.4, -0.2) is 12.2 Å². The second-order valence-corrected chi connectivity index (χ2v) is 8.32. The normalized spacial score (nSPS) is 12.8. The number of rotatable bonds is 7. The molecule has 0 heterocycles. The number of unbranched alkanes of at least 4 members (excludes halogenated alkanes) is 1. The van der Waals surface area contributed by atoms with E-state index < -0.39 is 0 Å². The van der Waals surface area contributed by atoms with Crippen molar-refractivity contribution < 1.29 is 9.59 Å². The maximum Gasteiger partial charge on any atom is 0.251 e. The number of nitrogen functional groups attached to an aromatic ring is 1. The molecule has 0 aliphatic carbocycles. The molecule has 0 saturated carbocycles. The highest BCUT2D eigenvalue weighted by Crippen LogP contribution is 2.34. The molecule has 0 fully saturated rings. The first-order chi connectivity index (χ1) is 11.5. The summed E-state index contributed by atoms with van der Waals surface area (Å²) in [5, 5.41) is 2.92. The molecular weight excluding hydrogens is 312 g/mol. The highest BCUT2D eigenvalue weighted by atomic mass is 16.1. The lowest BCUT2D eigenvalue weighted by molar-refractivity contribution is -0.113. The van der Waals surface area contributed by atoms with E-state index in [0.717, 1.165) is 24.8 Å². The summed E-state index contributed by atoms with van der Waals surface area (Å²) in [6.07, 6.45) is 6.11. The molecule has 0 saturated heterocycles. The zero-order valence-corrected chi connectivity index (χ0v) is 16.4. The minimum absolute atomic E-state index is 0.0453. The third-order valence-electron chi connectivity index (χ3n) is 4.23. The Labute approximate surface area is 151 Å². The van der Waals surface area contributed by atoms with Gasteiger partial charge >= 0.3 is 0 Å². The van der Waals surface area contributed by atoms with Gasteiger partial charge in [0.05, 0.1) is 0 Å². The number of amides is 1. The predicted octanol–water partition coefficient (Wildman–Crippen LogP) is 5.21. The van der Waals surface area contributed by atoms with Crippen LogP contribution >= 0.6 is 0 Å². The fourth-order valence-corrected chi connectivity index (χ4v) is 2.68. The van der Waals surface area contributed by atoms with Crippen molar-refractivity contribution in [3.05, 3.63) is 35.4 Å². The standard InChI is InChI=1S/C21H32N2O2/c1-7-8-11-21(5,6)13-17(20(2,3)4)19(25)23-16-10-9-15(14-24)18(22)12-16/h9-10,12-14H,7-8,11,22H2,1-6H3,(H,23,25)/b17-13-. The molecule has 0 radical (unpaired) electrons. The van der Waals surface area contributed by atoms with Crippen molar-refractivity contribution in [3.63, 3.8) is 0 Å². The lowest BCUT2D eigenvalue weighted by atomic mass is 9.78. The maximum absolute atomic E-state index is 12.9.